The van der Waals surface area contributed by atoms with Crippen LogP contribution in [0.25, 0.3) is 0 Å². The molecule has 0 radical (unpaired) electrons. The quantitative estimate of drug-likeness (QED) is 0.666. The summed E-state index contributed by atoms with van der Waals surface area (Å²) in [6.45, 7) is 3.88. The van der Waals surface area contributed by atoms with E-state index in [1.165, 1.54) is 0 Å². The average Bonchev–Trinajstić information content (AvgIpc) is 2.09. The molecule has 0 bridgehead atoms. The minimum atomic E-state index is -1.15. The van der Waals surface area contributed by atoms with E-state index in [4.69, 9.17) is 10.2 Å². The summed E-state index contributed by atoms with van der Waals surface area (Å²) in [4.78, 5) is 23.8. The Labute approximate surface area is 95.4 Å². The van der Waals surface area contributed by atoms with E-state index < -0.39 is 11.9 Å². The van der Waals surface area contributed by atoms with Gasteiger partial charge in [0.1, 0.15) is 0 Å². The van der Waals surface area contributed by atoms with E-state index >= 15 is 0 Å². The molecule has 2 N–H and O–H groups in total. The fourth-order valence-corrected chi connectivity index (χ4v) is 1.42. The van der Waals surface area contributed by atoms with Gasteiger partial charge >= 0.3 is 11.9 Å². The van der Waals surface area contributed by atoms with Crippen LogP contribution in [-0.2, 0) is 9.59 Å². The number of nitrogens with zero attached hydrogens (tertiary/aromatic N) is 1. The molecule has 0 unspecified atom stereocenters. The van der Waals surface area contributed by atoms with Crippen LogP contribution in [0.2, 0.25) is 0 Å². The summed E-state index contributed by atoms with van der Waals surface area (Å²) in [7, 11) is 3.63. The Bertz CT molecular complexity index is 305. The first-order chi connectivity index (χ1) is 7.27. The second kappa shape index (κ2) is 6.27. The first-order valence-corrected chi connectivity index (χ1v) is 5.11. The summed E-state index contributed by atoms with van der Waals surface area (Å²) >= 11 is 0. The maximum Gasteiger partial charge on any atom is 0.332 e. The molecule has 0 aliphatic heterocycles. The molecule has 0 saturated carbocycles. The van der Waals surface area contributed by atoms with Crippen molar-refractivity contribution in [3.05, 3.63) is 11.1 Å². The summed E-state index contributed by atoms with van der Waals surface area (Å²) < 4.78 is 0. The lowest BCUT2D eigenvalue weighted by Gasteiger charge is -2.14. The van der Waals surface area contributed by atoms with E-state index in [-0.39, 0.29) is 23.5 Å². The number of aliphatic carboxylic acids is 2. The Morgan fingerprint density at radius 1 is 1.12 bits per heavy atom. The van der Waals surface area contributed by atoms with Crippen LogP contribution in [0.4, 0.5) is 0 Å². The number of carbonyl (C=O) groups is 2. The van der Waals surface area contributed by atoms with Crippen molar-refractivity contribution in [1.29, 1.82) is 0 Å². The van der Waals surface area contributed by atoms with Gasteiger partial charge in [0.25, 0.3) is 0 Å². The van der Waals surface area contributed by atoms with Crippen molar-refractivity contribution < 1.29 is 19.8 Å². The number of hydrogen-bond donors (Lipinski definition) is 2. The molecule has 5 nitrogen and oxygen atoms in total. The Balaban J connectivity index is 5.16. The number of carboxylic acid groups (broad SMARTS) is 2. The monoisotopic (exact) mass is 229 g/mol. The summed E-state index contributed by atoms with van der Waals surface area (Å²) in [6, 6.07) is 0. The lowest BCUT2D eigenvalue weighted by Crippen LogP contribution is -2.20. The highest BCUT2D eigenvalue weighted by molar-refractivity contribution is 5.99. The molecule has 92 valence electrons. The Kier molecular flexibility index (Phi) is 5.74. The zero-order valence-corrected chi connectivity index (χ0v) is 10.1. The zero-order chi connectivity index (χ0) is 12.9. The van der Waals surface area contributed by atoms with E-state index in [1.54, 1.807) is 13.8 Å². The summed E-state index contributed by atoms with van der Waals surface area (Å²) in [5.41, 5.74) is -0.00875. The molecular formula is C11H19NO4. The van der Waals surface area contributed by atoms with Gasteiger partial charge in [-0.25, -0.2) is 9.59 Å². The molecule has 0 rings (SSSR count). The van der Waals surface area contributed by atoms with Crippen molar-refractivity contribution in [3.8, 4) is 0 Å². The molecule has 0 aromatic carbocycles. The molecule has 0 atom stereocenters. The second-order valence-corrected chi connectivity index (χ2v) is 4.21. The van der Waals surface area contributed by atoms with Crippen LogP contribution in [0.3, 0.4) is 0 Å². The molecule has 0 spiro atoms. The summed E-state index contributed by atoms with van der Waals surface area (Å²) in [6.07, 6.45) is 0.238. The Morgan fingerprint density at radius 3 is 1.88 bits per heavy atom. The van der Waals surface area contributed by atoms with Gasteiger partial charge in [0.2, 0.25) is 0 Å². The zero-order valence-electron chi connectivity index (χ0n) is 10.1. The van der Waals surface area contributed by atoms with Gasteiger partial charge in [0.05, 0.1) is 0 Å². The van der Waals surface area contributed by atoms with Crippen LogP contribution in [0.15, 0.2) is 11.1 Å². The van der Waals surface area contributed by atoms with E-state index in [1.807, 2.05) is 19.0 Å². The predicted molar refractivity (Wildman–Crippen MR) is 60.3 cm³/mol. The molecule has 0 aliphatic rings. The van der Waals surface area contributed by atoms with Gasteiger partial charge in [-0.3, -0.25) is 0 Å². The lowest BCUT2D eigenvalue weighted by atomic mass is 9.95. The standard InChI is InChI=1S/C11H19NO4/c1-7(2)9(11(15)16)8(10(13)14)5-6-12(3)4/h7H,5-6H2,1-4H3,(H,13,14)(H,15,16). The second-order valence-electron chi connectivity index (χ2n) is 4.21. The molecule has 0 fully saturated rings. The van der Waals surface area contributed by atoms with Gasteiger partial charge in [-0.15, -0.1) is 0 Å². The smallest absolute Gasteiger partial charge is 0.332 e. The fourth-order valence-electron chi connectivity index (χ4n) is 1.42. The molecule has 0 saturated heterocycles. The van der Waals surface area contributed by atoms with E-state index in [0.29, 0.717) is 6.54 Å². The highest BCUT2D eigenvalue weighted by atomic mass is 16.4. The van der Waals surface area contributed by atoms with Crippen molar-refractivity contribution in [2.45, 2.75) is 20.3 Å². The van der Waals surface area contributed by atoms with Crippen LogP contribution >= 0.6 is 0 Å². The lowest BCUT2D eigenvalue weighted by molar-refractivity contribution is -0.136. The number of hydrogen-bond acceptors (Lipinski definition) is 3. The Hall–Kier alpha value is -1.36. The topological polar surface area (TPSA) is 77.8 Å². The van der Waals surface area contributed by atoms with Crippen molar-refractivity contribution in [2.24, 2.45) is 5.92 Å². The summed E-state index contributed by atoms with van der Waals surface area (Å²) in [5, 5.41) is 18.0. The van der Waals surface area contributed by atoms with E-state index in [2.05, 4.69) is 0 Å². The van der Waals surface area contributed by atoms with Crippen molar-refractivity contribution in [3.63, 3.8) is 0 Å². The van der Waals surface area contributed by atoms with Crippen LogP contribution in [-0.4, -0.2) is 47.7 Å². The van der Waals surface area contributed by atoms with Crippen molar-refractivity contribution >= 4 is 11.9 Å². The van der Waals surface area contributed by atoms with E-state index in [9.17, 15) is 9.59 Å². The SMILES string of the molecule is CC(C)C(C(=O)O)=C(CCN(C)C)C(=O)O. The highest BCUT2D eigenvalue weighted by Crippen LogP contribution is 2.18. The van der Waals surface area contributed by atoms with Gasteiger partial charge < -0.3 is 15.1 Å². The molecule has 0 aromatic rings. The molecule has 0 aliphatic carbocycles. The van der Waals surface area contributed by atoms with Crippen LogP contribution in [0, 0.1) is 5.92 Å². The third-order valence-electron chi connectivity index (χ3n) is 2.20. The first-order valence-electron chi connectivity index (χ1n) is 5.11. The normalized spacial score (nSPS) is 12.9. The molecule has 5 heteroatoms. The van der Waals surface area contributed by atoms with Crippen LogP contribution in [0.1, 0.15) is 20.3 Å². The van der Waals surface area contributed by atoms with Crippen molar-refractivity contribution in [2.75, 3.05) is 20.6 Å². The Morgan fingerprint density at radius 2 is 1.62 bits per heavy atom. The third kappa shape index (κ3) is 4.44. The van der Waals surface area contributed by atoms with Crippen LogP contribution < -0.4 is 0 Å². The van der Waals surface area contributed by atoms with Gasteiger partial charge in [-0.2, -0.15) is 0 Å². The van der Waals surface area contributed by atoms with Gasteiger partial charge in [-0.1, -0.05) is 13.8 Å². The molecule has 16 heavy (non-hydrogen) atoms. The number of rotatable bonds is 6. The van der Waals surface area contributed by atoms with Crippen LogP contribution in [0.5, 0.6) is 0 Å². The maximum absolute atomic E-state index is 11.0. The van der Waals surface area contributed by atoms with Crippen molar-refractivity contribution in [1.82, 2.24) is 4.90 Å². The largest absolute Gasteiger partial charge is 0.478 e. The molecule has 0 heterocycles. The molecule has 0 aromatic heterocycles. The van der Waals surface area contributed by atoms with Gasteiger partial charge in [0, 0.05) is 17.7 Å². The van der Waals surface area contributed by atoms with E-state index in [0.717, 1.165) is 0 Å². The minimum Gasteiger partial charge on any atom is -0.478 e. The maximum atomic E-state index is 11.0. The molecular weight excluding hydrogens is 210 g/mol. The number of carboxylic acids is 2. The first kappa shape index (κ1) is 14.6. The minimum absolute atomic E-state index is 0.00352. The fraction of sp³-hybridized carbons (Fsp3) is 0.636. The average molecular weight is 229 g/mol. The van der Waals surface area contributed by atoms with Gasteiger partial charge in [-0.05, 0) is 26.4 Å². The molecule has 0 amide bonds. The third-order valence-corrected chi connectivity index (χ3v) is 2.20. The predicted octanol–water partition coefficient (Wildman–Crippen LogP) is 1.06. The summed E-state index contributed by atoms with van der Waals surface area (Å²) in [5.74, 6) is -2.59. The highest BCUT2D eigenvalue weighted by Gasteiger charge is 2.22. The van der Waals surface area contributed by atoms with Gasteiger partial charge in [0.15, 0.2) is 0 Å².